The van der Waals surface area contributed by atoms with Crippen LogP contribution in [0.4, 0.5) is 5.69 Å². The molecule has 6 atom stereocenters. The number of aliphatic hydroxyl groups is 2. The molecule has 0 saturated heterocycles. The van der Waals surface area contributed by atoms with Gasteiger partial charge in [0, 0.05) is 44.1 Å². The maximum Gasteiger partial charge on any atom is 0.156 e. The Balaban J connectivity index is 1.65. The first kappa shape index (κ1) is 23.8. The van der Waals surface area contributed by atoms with Crippen molar-refractivity contribution in [3.05, 3.63) is 52.6 Å². The third-order valence-corrected chi connectivity index (χ3v) is 9.97. The van der Waals surface area contributed by atoms with Crippen molar-refractivity contribution in [2.75, 3.05) is 25.6 Å². The van der Waals surface area contributed by atoms with E-state index >= 15 is 0 Å². The van der Waals surface area contributed by atoms with Gasteiger partial charge in [-0.05, 0) is 97.6 Å². The van der Waals surface area contributed by atoms with Gasteiger partial charge in [0.2, 0.25) is 0 Å². The molecule has 0 spiro atoms. The molecule has 4 aliphatic carbocycles. The topological polar surface area (TPSA) is 60.8 Å². The number of benzene rings is 1. The first-order valence-electron chi connectivity index (χ1n) is 13.3. The summed E-state index contributed by atoms with van der Waals surface area (Å²) >= 11 is 0. The van der Waals surface area contributed by atoms with Crippen LogP contribution < -0.4 is 4.90 Å². The molecule has 2 fully saturated rings. The molecule has 0 amide bonds. The second kappa shape index (κ2) is 8.64. The van der Waals surface area contributed by atoms with Crippen molar-refractivity contribution in [2.24, 2.45) is 23.2 Å². The molecule has 0 aliphatic heterocycles. The van der Waals surface area contributed by atoms with Crippen molar-refractivity contribution in [2.45, 2.75) is 76.7 Å². The molecule has 4 heteroatoms. The lowest BCUT2D eigenvalue weighted by molar-refractivity contribution is -0.115. The van der Waals surface area contributed by atoms with Gasteiger partial charge in [-0.3, -0.25) is 4.79 Å². The zero-order chi connectivity index (χ0) is 24.3. The van der Waals surface area contributed by atoms with Gasteiger partial charge < -0.3 is 15.1 Å². The van der Waals surface area contributed by atoms with Crippen LogP contribution in [0.2, 0.25) is 0 Å². The van der Waals surface area contributed by atoms with Crippen LogP contribution in [0.5, 0.6) is 0 Å². The standard InChI is InChI=1S/C30H41NO3/c1-19-16-25-27-12-14-30(34,13-5-15-32)29(27,2)18-26(20-6-8-21(9-7-20)31(3)4)28(25)23-11-10-22(33)17-24(19)23/h6-9,17,19,25-27,32,34H,5,10-16,18H2,1-4H3/t19-,25+,26-,27+,29+,30+/m1/s1. The Labute approximate surface area is 204 Å². The van der Waals surface area contributed by atoms with E-state index in [-0.39, 0.29) is 23.7 Å². The molecular formula is C30H41NO3. The molecule has 184 valence electrons. The molecule has 4 nitrogen and oxygen atoms in total. The fourth-order valence-electron chi connectivity index (χ4n) is 8.13. The van der Waals surface area contributed by atoms with Crippen molar-refractivity contribution in [1.29, 1.82) is 0 Å². The van der Waals surface area contributed by atoms with Gasteiger partial charge in [-0.1, -0.05) is 31.6 Å². The van der Waals surface area contributed by atoms with Crippen LogP contribution in [-0.2, 0) is 4.79 Å². The molecular weight excluding hydrogens is 422 g/mol. The van der Waals surface area contributed by atoms with Crippen LogP contribution in [0.25, 0.3) is 0 Å². The summed E-state index contributed by atoms with van der Waals surface area (Å²) in [6.07, 6.45) is 8.65. The van der Waals surface area contributed by atoms with Crippen LogP contribution in [-0.4, -0.2) is 42.3 Å². The summed E-state index contributed by atoms with van der Waals surface area (Å²) in [5.41, 5.74) is 5.95. The van der Waals surface area contributed by atoms with Crippen LogP contribution in [0.1, 0.15) is 76.7 Å². The molecule has 1 aromatic carbocycles. The average Bonchev–Trinajstić information content (AvgIpc) is 3.08. The second-order valence-corrected chi connectivity index (χ2v) is 11.9. The first-order valence-corrected chi connectivity index (χ1v) is 13.3. The fourth-order valence-corrected chi connectivity index (χ4v) is 8.13. The number of carbonyl (C=O) groups excluding carboxylic acids is 1. The van der Waals surface area contributed by atoms with E-state index in [1.54, 1.807) is 5.57 Å². The number of fused-ring (bicyclic) bond motifs is 4. The molecule has 0 radical (unpaired) electrons. The summed E-state index contributed by atoms with van der Waals surface area (Å²) in [6.45, 7) is 4.77. The number of hydrogen-bond donors (Lipinski definition) is 2. The Morgan fingerprint density at radius 3 is 2.56 bits per heavy atom. The van der Waals surface area contributed by atoms with Gasteiger partial charge in [0.05, 0.1) is 5.60 Å². The zero-order valence-electron chi connectivity index (χ0n) is 21.3. The minimum Gasteiger partial charge on any atom is -0.396 e. The highest BCUT2D eigenvalue weighted by Crippen LogP contribution is 2.68. The second-order valence-electron chi connectivity index (χ2n) is 11.9. The van der Waals surface area contributed by atoms with E-state index in [1.165, 1.54) is 22.4 Å². The number of nitrogens with zero attached hydrogens (tertiary/aromatic N) is 1. The summed E-state index contributed by atoms with van der Waals surface area (Å²) in [5, 5.41) is 21.5. The van der Waals surface area contributed by atoms with E-state index in [2.05, 4.69) is 57.1 Å². The summed E-state index contributed by atoms with van der Waals surface area (Å²) in [5.74, 6) is 1.84. The number of ketones is 1. The fraction of sp³-hybridized carbons (Fsp3) is 0.633. The van der Waals surface area contributed by atoms with E-state index in [1.807, 2.05) is 6.08 Å². The molecule has 0 unspecified atom stereocenters. The maximum absolute atomic E-state index is 12.3. The van der Waals surface area contributed by atoms with E-state index in [0.717, 1.165) is 32.1 Å². The van der Waals surface area contributed by atoms with E-state index in [4.69, 9.17) is 0 Å². The predicted octanol–water partition coefficient (Wildman–Crippen LogP) is 5.40. The van der Waals surface area contributed by atoms with Gasteiger partial charge in [-0.2, -0.15) is 0 Å². The van der Waals surface area contributed by atoms with Crippen LogP contribution in [0, 0.1) is 23.2 Å². The number of aliphatic hydroxyl groups excluding tert-OH is 1. The normalized spacial score (nSPS) is 37.1. The van der Waals surface area contributed by atoms with Crippen LogP contribution in [0.15, 0.2) is 47.1 Å². The quantitative estimate of drug-likeness (QED) is 0.614. The van der Waals surface area contributed by atoms with Gasteiger partial charge >= 0.3 is 0 Å². The molecule has 1 aromatic rings. The number of hydrogen-bond acceptors (Lipinski definition) is 4. The lowest BCUT2D eigenvalue weighted by Crippen LogP contribution is -2.52. The Bertz CT molecular complexity index is 1020. The molecule has 0 bridgehead atoms. The SMILES string of the molecule is C[C@@H]1C[C@@H]2C(=C3CCC(=O)C=C31)[C@@H](c1ccc(N(C)C)cc1)C[C@@]1(C)[C@H]2CC[C@@]1(O)CCCO. The van der Waals surface area contributed by atoms with Crippen LogP contribution in [0.3, 0.4) is 0 Å². The maximum atomic E-state index is 12.3. The van der Waals surface area contributed by atoms with Gasteiger partial charge in [0.1, 0.15) is 0 Å². The van der Waals surface area contributed by atoms with Crippen molar-refractivity contribution in [3.8, 4) is 0 Å². The highest BCUT2D eigenvalue weighted by atomic mass is 16.3. The van der Waals surface area contributed by atoms with Crippen molar-refractivity contribution >= 4 is 11.5 Å². The first-order chi connectivity index (χ1) is 16.2. The molecule has 2 N–H and O–H groups in total. The zero-order valence-corrected chi connectivity index (χ0v) is 21.3. The minimum atomic E-state index is -0.722. The van der Waals surface area contributed by atoms with Gasteiger partial charge in [0.25, 0.3) is 0 Å². The summed E-state index contributed by atoms with van der Waals surface area (Å²) < 4.78 is 0. The van der Waals surface area contributed by atoms with Crippen molar-refractivity contribution in [3.63, 3.8) is 0 Å². The predicted molar refractivity (Wildman–Crippen MR) is 137 cm³/mol. The Kier molecular flexibility index (Phi) is 6.05. The smallest absolute Gasteiger partial charge is 0.156 e. The van der Waals surface area contributed by atoms with Crippen molar-refractivity contribution < 1.29 is 15.0 Å². The number of carbonyl (C=O) groups is 1. The number of allylic oxidation sites excluding steroid dienone is 4. The van der Waals surface area contributed by atoms with E-state index in [0.29, 0.717) is 37.0 Å². The summed E-state index contributed by atoms with van der Waals surface area (Å²) in [4.78, 5) is 14.5. The van der Waals surface area contributed by atoms with Gasteiger partial charge in [0.15, 0.2) is 5.78 Å². The van der Waals surface area contributed by atoms with Crippen molar-refractivity contribution in [1.82, 2.24) is 0 Å². The Hall–Kier alpha value is -1.91. The molecule has 34 heavy (non-hydrogen) atoms. The minimum absolute atomic E-state index is 0.135. The Morgan fingerprint density at radius 1 is 1.15 bits per heavy atom. The lowest BCUT2D eigenvalue weighted by Gasteiger charge is -2.55. The number of rotatable bonds is 5. The molecule has 5 rings (SSSR count). The third-order valence-electron chi connectivity index (χ3n) is 9.97. The molecule has 4 aliphatic rings. The molecule has 0 heterocycles. The van der Waals surface area contributed by atoms with Gasteiger partial charge in [-0.15, -0.1) is 0 Å². The monoisotopic (exact) mass is 463 g/mol. The summed E-state index contributed by atoms with van der Waals surface area (Å²) in [6, 6.07) is 8.99. The Morgan fingerprint density at radius 2 is 1.88 bits per heavy atom. The highest BCUT2D eigenvalue weighted by molar-refractivity contribution is 5.93. The van der Waals surface area contributed by atoms with Crippen LogP contribution >= 0.6 is 0 Å². The third kappa shape index (κ3) is 3.60. The van der Waals surface area contributed by atoms with Gasteiger partial charge in [-0.25, -0.2) is 0 Å². The largest absolute Gasteiger partial charge is 0.396 e. The average molecular weight is 464 g/mol. The molecule has 0 aromatic heterocycles. The van der Waals surface area contributed by atoms with E-state index in [9.17, 15) is 15.0 Å². The molecule has 2 saturated carbocycles. The lowest BCUT2D eigenvalue weighted by atomic mass is 9.50. The highest BCUT2D eigenvalue weighted by Gasteiger charge is 2.62. The van der Waals surface area contributed by atoms with E-state index < -0.39 is 5.60 Å². The number of anilines is 1. The summed E-state index contributed by atoms with van der Waals surface area (Å²) in [7, 11) is 4.14.